The van der Waals surface area contributed by atoms with Gasteiger partial charge in [0.15, 0.2) is 0 Å². The van der Waals surface area contributed by atoms with Crippen LogP contribution in [-0.4, -0.2) is 34.1 Å². The van der Waals surface area contributed by atoms with E-state index in [-0.39, 0.29) is 36.5 Å². The number of benzene rings is 2. The van der Waals surface area contributed by atoms with Crippen molar-refractivity contribution >= 4 is 5.91 Å². The highest BCUT2D eigenvalue weighted by atomic mass is 19.1. The lowest BCUT2D eigenvalue weighted by atomic mass is 10.1. The molecule has 1 amide bonds. The number of rotatable bonds is 6. The Labute approximate surface area is 167 Å². The van der Waals surface area contributed by atoms with Gasteiger partial charge in [0.05, 0.1) is 17.8 Å². The van der Waals surface area contributed by atoms with Gasteiger partial charge in [-0.05, 0) is 42.3 Å². The first-order chi connectivity index (χ1) is 14.1. The van der Waals surface area contributed by atoms with Gasteiger partial charge in [0.25, 0.3) is 0 Å². The van der Waals surface area contributed by atoms with Gasteiger partial charge in [-0.3, -0.25) is 9.89 Å². The lowest BCUT2D eigenvalue weighted by molar-refractivity contribution is -0.129. The van der Waals surface area contributed by atoms with E-state index in [0.717, 1.165) is 23.4 Å². The van der Waals surface area contributed by atoms with E-state index in [9.17, 15) is 13.6 Å². The average molecular weight is 397 g/mol. The van der Waals surface area contributed by atoms with Gasteiger partial charge in [0, 0.05) is 25.1 Å². The number of nitrogens with zero attached hydrogens (tertiary/aromatic N) is 2. The van der Waals surface area contributed by atoms with Crippen molar-refractivity contribution in [2.45, 2.75) is 25.4 Å². The minimum absolute atomic E-state index is 0.0318. The number of carbonyl (C=O) groups excluding carboxylic acids is 1. The van der Waals surface area contributed by atoms with Crippen molar-refractivity contribution in [1.82, 2.24) is 15.1 Å². The van der Waals surface area contributed by atoms with Crippen molar-refractivity contribution in [1.29, 1.82) is 0 Å². The van der Waals surface area contributed by atoms with Crippen LogP contribution in [0.3, 0.4) is 0 Å². The van der Waals surface area contributed by atoms with Gasteiger partial charge in [0.1, 0.15) is 24.0 Å². The van der Waals surface area contributed by atoms with Crippen molar-refractivity contribution < 1.29 is 18.3 Å². The standard InChI is InChI=1S/C22H21F2N3O2/c23-17-6-4-15(5-7-17)10-22(28)27-9-8-16(13-27)21-12-19(25-26-21)14-29-20-3-1-2-18(24)11-20/h1-7,11-12,16H,8-10,13-14H2,(H,25,26)/t16-/m0/s1. The van der Waals surface area contributed by atoms with Crippen molar-refractivity contribution in [2.24, 2.45) is 0 Å². The van der Waals surface area contributed by atoms with E-state index in [1.807, 2.05) is 11.0 Å². The fourth-order valence-corrected chi connectivity index (χ4v) is 3.50. The van der Waals surface area contributed by atoms with Crippen LogP contribution in [0, 0.1) is 11.6 Å². The number of hydrogen-bond donors (Lipinski definition) is 1. The monoisotopic (exact) mass is 397 g/mol. The fraction of sp³-hybridized carbons (Fsp3) is 0.273. The molecule has 2 aromatic carbocycles. The summed E-state index contributed by atoms with van der Waals surface area (Å²) in [5.74, 6) is -0.00229. The third kappa shape index (κ3) is 4.80. The molecule has 1 aliphatic rings. The molecule has 2 heterocycles. The van der Waals surface area contributed by atoms with Gasteiger partial charge >= 0.3 is 0 Å². The summed E-state index contributed by atoms with van der Waals surface area (Å²) in [6, 6.07) is 13.9. The molecule has 1 aromatic heterocycles. The number of likely N-dealkylation sites (tertiary alicyclic amines) is 1. The van der Waals surface area contributed by atoms with E-state index in [4.69, 9.17) is 4.74 Å². The van der Waals surface area contributed by atoms with Crippen LogP contribution in [0.25, 0.3) is 0 Å². The maximum Gasteiger partial charge on any atom is 0.227 e. The zero-order chi connectivity index (χ0) is 20.2. The lowest BCUT2D eigenvalue weighted by Crippen LogP contribution is -2.29. The van der Waals surface area contributed by atoms with Crippen LogP contribution >= 0.6 is 0 Å². The number of aromatic amines is 1. The number of nitrogens with one attached hydrogen (secondary N) is 1. The fourth-order valence-electron chi connectivity index (χ4n) is 3.50. The molecule has 0 bridgehead atoms. The highest BCUT2D eigenvalue weighted by molar-refractivity contribution is 5.79. The molecular weight excluding hydrogens is 376 g/mol. The SMILES string of the molecule is O=C(Cc1ccc(F)cc1)N1CC[C@H](c2cc(COc3cccc(F)c3)[nH]n2)C1. The summed E-state index contributed by atoms with van der Waals surface area (Å²) in [6.07, 6.45) is 1.10. The Hall–Kier alpha value is -3.22. The first-order valence-electron chi connectivity index (χ1n) is 9.51. The molecule has 0 unspecified atom stereocenters. The zero-order valence-electron chi connectivity index (χ0n) is 15.8. The number of halogens is 2. The van der Waals surface area contributed by atoms with Crippen molar-refractivity contribution in [3.8, 4) is 5.75 Å². The van der Waals surface area contributed by atoms with Crippen LogP contribution in [0.5, 0.6) is 5.75 Å². The number of carbonyl (C=O) groups is 1. The molecule has 150 valence electrons. The second-order valence-corrected chi connectivity index (χ2v) is 7.19. The maximum absolute atomic E-state index is 13.2. The van der Waals surface area contributed by atoms with Gasteiger partial charge in [-0.15, -0.1) is 0 Å². The normalized spacial score (nSPS) is 16.2. The molecule has 1 saturated heterocycles. The van der Waals surface area contributed by atoms with E-state index in [1.54, 1.807) is 24.3 Å². The summed E-state index contributed by atoms with van der Waals surface area (Å²) >= 11 is 0. The van der Waals surface area contributed by atoms with E-state index < -0.39 is 0 Å². The molecule has 1 fully saturated rings. The molecule has 7 heteroatoms. The molecule has 1 atom stereocenters. The average Bonchev–Trinajstić information content (AvgIpc) is 3.38. The Balaban J connectivity index is 1.31. The summed E-state index contributed by atoms with van der Waals surface area (Å²) in [5, 5.41) is 7.31. The van der Waals surface area contributed by atoms with Crippen molar-refractivity contribution in [3.05, 3.63) is 83.2 Å². The molecule has 4 rings (SSSR count). The van der Waals surface area contributed by atoms with Crippen LogP contribution in [0.2, 0.25) is 0 Å². The molecule has 0 spiro atoms. The number of amides is 1. The summed E-state index contributed by atoms with van der Waals surface area (Å²) in [7, 11) is 0. The van der Waals surface area contributed by atoms with Gasteiger partial charge < -0.3 is 9.64 Å². The van der Waals surface area contributed by atoms with Crippen LogP contribution in [0.15, 0.2) is 54.6 Å². The van der Waals surface area contributed by atoms with Crippen molar-refractivity contribution in [2.75, 3.05) is 13.1 Å². The molecule has 0 saturated carbocycles. The number of aromatic nitrogens is 2. The topological polar surface area (TPSA) is 58.2 Å². The van der Waals surface area contributed by atoms with E-state index in [1.165, 1.54) is 24.3 Å². The van der Waals surface area contributed by atoms with E-state index in [2.05, 4.69) is 10.2 Å². The minimum Gasteiger partial charge on any atom is -0.487 e. The Morgan fingerprint density at radius 2 is 1.97 bits per heavy atom. The van der Waals surface area contributed by atoms with Gasteiger partial charge in [-0.1, -0.05) is 18.2 Å². The van der Waals surface area contributed by atoms with Crippen LogP contribution in [0.1, 0.15) is 29.3 Å². The summed E-state index contributed by atoms with van der Waals surface area (Å²) in [5.41, 5.74) is 2.48. The quantitative estimate of drug-likeness (QED) is 0.688. The highest BCUT2D eigenvalue weighted by Gasteiger charge is 2.28. The van der Waals surface area contributed by atoms with Gasteiger partial charge in [0.2, 0.25) is 5.91 Å². The highest BCUT2D eigenvalue weighted by Crippen LogP contribution is 2.27. The minimum atomic E-state index is -0.343. The second kappa shape index (κ2) is 8.43. The molecule has 1 N–H and O–H groups in total. The molecule has 1 aliphatic heterocycles. The second-order valence-electron chi connectivity index (χ2n) is 7.19. The molecular formula is C22H21F2N3O2. The number of hydrogen-bond acceptors (Lipinski definition) is 3. The first kappa shape index (κ1) is 19.1. The predicted molar refractivity (Wildman–Crippen MR) is 103 cm³/mol. The van der Waals surface area contributed by atoms with Gasteiger partial charge in [-0.25, -0.2) is 8.78 Å². The third-order valence-corrected chi connectivity index (χ3v) is 5.07. The Morgan fingerprint density at radius 3 is 2.76 bits per heavy atom. The first-order valence-corrected chi connectivity index (χ1v) is 9.51. The molecule has 29 heavy (non-hydrogen) atoms. The molecule has 0 aliphatic carbocycles. The predicted octanol–water partition coefficient (Wildman–Crippen LogP) is 3.83. The molecule has 5 nitrogen and oxygen atoms in total. The summed E-state index contributed by atoms with van der Waals surface area (Å²) < 4.78 is 31.8. The number of H-pyrrole nitrogens is 1. The Kier molecular flexibility index (Phi) is 5.55. The van der Waals surface area contributed by atoms with E-state index >= 15 is 0 Å². The molecule has 0 radical (unpaired) electrons. The maximum atomic E-state index is 13.2. The third-order valence-electron chi connectivity index (χ3n) is 5.07. The van der Waals surface area contributed by atoms with Crippen LogP contribution in [-0.2, 0) is 17.8 Å². The lowest BCUT2D eigenvalue weighted by Gasteiger charge is -2.16. The smallest absolute Gasteiger partial charge is 0.227 e. The van der Waals surface area contributed by atoms with Crippen molar-refractivity contribution in [3.63, 3.8) is 0 Å². The summed E-state index contributed by atoms with van der Waals surface area (Å²) in [6.45, 7) is 1.54. The largest absolute Gasteiger partial charge is 0.487 e. The van der Waals surface area contributed by atoms with E-state index in [0.29, 0.717) is 18.8 Å². The zero-order valence-corrected chi connectivity index (χ0v) is 15.8. The summed E-state index contributed by atoms with van der Waals surface area (Å²) in [4.78, 5) is 14.3. The Bertz CT molecular complexity index is 988. The van der Waals surface area contributed by atoms with Gasteiger partial charge in [-0.2, -0.15) is 5.10 Å². The van der Waals surface area contributed by atoms with Crippen LogP contribution < -0.4 is 4.74 Å². The Morgan fingerprint density at radius 1 is 1.14 bits per heavy atom. The molecule has 3 aromatic rings. The number of ether oxygens (including phenoxy) is 1. The van der Waals surface area contributed by atoms with Crippen LogP contribution in [0.4, 0.5) is 8.78 Å².